The Balaban J connectivity index is 2.13. The van der Waals surface area contributed by atoms with E-state index in [1.165, 1.54) is 0 Å². The summed E-state index contributed by atoms with van der Waals surface area (Å²) in [6, 6.07) is 5.14. The van der Waals surface area contributed by atoms with Gasteiger partial charge in [-0.15, -0.1) is 0 Å². The zero-order valence-electron chi connectivity index (χ0n) is 9.53. The van der Waals surface area contributed by atoms with E-state index in [4.69, 9.17) is 4.74 Å². The molecule has 86 valence electrons. The number of H-pyrrole nitrogens is 1. The third-order valence-corrected chi connectivity index (χ3v) is 2.70. The number of hydrogen-bond acceptors (Lipinski definition) is 3. The first-order valence-electron chi connectivity index (χ1n) is 5.39. The number of phenolic OH excluding ortho intramolecular Hbond substituents is 1. The number of aromatic nitrogens is 2. The van der Waals surface area contributed by atoms with Gasteiger partial charge in [0, 0.05) is 19.6 Å². The van der Waals surface area contributed by atoms with E-state index in [-0.39, 0.29) is 11.9 Å². The van der Waals surface area contributed by atoms with Gasteiger partial charge in [-0.05, 0) is 25.5 Å². The minimum Gasteiger partial charge on any atom is -0.508 e. The van der Waals surface area contributed by atoms with Crippen LogP contribution in [0.3, 0.4) is 0 Å². The van der Waals surface area contributed by atoms with E-state index in [0.29, 0.717) is 0 Å². The summed E-state index contributed by atoms with van der Waals surface area (Å²) >= 11 is 0. The van der Waals surface area contributed by atoms with Crippen molar-refractivity contribution in [1.82, 2.24) is 9.97 Å². The highest BCUT2D eigenvalue weighted by atomic mass is 16.5. The van der Waals surface area contributed by atoms with Gasteiger partial charge < -0.3 is 14.8 Å². The van der Waals surface area contributed by atoms with Crippen LogP contribution in [0.2, 0.25) is 0 Å². The predicted molar refractivity (Wildman–Crippen MR) is 62.6 cm³/mol. The van der Waals surface area contributed by atoms with Crippen LogP contribution in [0.1, 0.15) is 19.2 Å². The predicted octanol–water partition coefficient (Wildman–Crippen LogP) is 2.24. The van der Waals surface area contributed by atoms with Crippen molar-refractivity contribution in [3.05, 3.63) is 24.0 Å². The fourth-order valence-electron chi connectivity index (χ4n) is 1.63. The normalized spacial score (nSPS) is 13.1. The lowest BCUT2D eigenvalue weighted by molar-refractivity contribution is 0.111. The van der Waals surface area contributed by atoms with Crippen molar-refractivity contribution in [2.24, 2.45) is 0 Å². The van der Waals surface area contributed by atoms with E-state index in [1.54, 1.807) is 19.2 Å². The third-order valence-electron chi connectivity index (χ3n) is 2.70. The van der Waals surface area contributed by atoms with Gasteiger partial charge >= 0.3 is 0 Å². The molecule has 1 unspecified atom stereocenters. The van der Waals surface area contributed by atoms with Crippen molar-refractivity contribution in [3.8, 4) is 5.75 Å². The van der Waals surface area contributed by atoms with Crippen LogP contribution in [0.15, 0.2) is 18.2 Å². The summed E-state index contributed by atoms with van der Waals surface area (Å²) in [5.41, 5.74) is 1.76. The highest BCUT2D eigenvalue weighted by molar-refractivity contribution is 5.76. The second kappa shape index (κ2) is 4.53. The number of fused-ring (bicyclic) bond motifs is 1. The van der Waals surface area contributed by atoms with Crippen LogP contribution in [0.5, 0.6) is 5.75 Å². The van der Waals surface area contributed by atoms with Crippen LogP contribution >= 0.6 is 0 Å². The quantitative estimate of drug-likeness (QED) is 0.830. The molecule has 1 heterocycles. The number of methoxy groups -OCH3 is 1. The van der Waals surface area contributed by atoms with Gasteiger partial charge in [-0.1, -0.05) is 0 Å². The Morgan fingerprint density at radius 2 is 2.31 bits per heavy atom. The number of rotatable bonds is 4. The summed E-state index contributed by atoms with van der Waals surface area (Å²) in [5, 5.41) is 9.33. The monoisotopic (exact) mass is 220 g/mol. The molecule has 1 aromatic heterocycles. The van der Waals surface area contributed by atoms with E-state index in [0.717, 1.165) is 29.7 Å². The van der Waals surface area contributed by atoms with E-state index in [9.17, 15) is 5.11 Å². The number of nitrogens with one attached hydrogen (secondary N) is 1. The maximum atomic E-state index is 9.33. The van der Waals surface area contributed by atoms with Crippen molar-refractivity contribution in [2.45, 2.75) is 25.9 Å². The fraction of sp³-hybridized carbons (Fsp3) is 0.417. The van der Waals surface area contributed by atoms with Crippen molar-refractivity contribution >= 4 is 11.0 Å². The molecule has 0 saturated carbocycles. The van der Waals surface area contributed by atoms with Gasteiger partial charge in [0.15, 0.2) is 0 Å². The number of nitrogens with zero attached hydrogens (tertiary/aromatic N) is 1. The first-order valence-corrected chi connectivity index (χ1v) is 5.39. The maximum absolute atomic E-state index is 9.33. The molecular formula is C12H16N2O2. The molecule has 0 fully saturated rings. The van der Waals surface area contributed by atoms with Crippen molar-refractivity contribution in [1.29, 1.82) is 0 Å². The van der Waals surface area contributed by atoms with Gasteiger partial charge in [0.2, 0.25) is 0 Å². The summed E-state index contributed by atoms with van der Waals surface area (Å²) in [7, 11) is 1.71. The standard InChI is InChI=1S/C12H16N2O2/c1-8(16-2)3-6-12-13-10-5-4-9(15)7-11(10)14-12/h4-5,7-8,15H,3,6H2,1-2H3,(H,13,14). The van der Waals surface area contributed by atoms with Crippen LogP contribution < -0.4 is 0 Å². The van der Waals surface area contributed by atoms with Crippen LogP contribution in [0, 0.1) is 0 Å². The van der Waals surface area contributed by atoms with Gasteiger partial charge in [-0.25, -0.2) is 4.98 Å². The Kier molecular flexibility index (Phi) is 3.10. The highest BCUT2D eigenvalue weighted by Gasteiger charge is 2.05. The van der Waals surface area contributed by atoms with E-state index >= 15 is 0 Å². The topological polar surface area (TPSA) is 58.1 Å². The number of imidazole rings is 1. The third kappa shape index (κ3) is 2.33. The van der Waals surface area contributed by atoms with Crippen LogP contribution in [0.25, 0.3) is 11.0 Å². The molecule has 0 spiro atoms. The van der Waals surface area contributed by atoms with E-state index in [1.807, 2.05) is 13.0 Å². The smallest absolute Gasteiger partial charge is 0.117 e. The van der Waals surface area contributed by atoms with Gasteiger partial charge in [0.05, 0.1) is 17.1 Å². The Morgan fingerprint density at radius 1 is 1.50 bits per heavy atom. The van der Waals surface area contributed by atoms with Crippen molar-refractivity contribution in [2.75, 3.05) is 7.11 Å². The summed E-state index contributed by atoms with van der Waals surface area (Å²) in [4.78, 5) is 7.63. The van der Waals surface area contributed by atoms with Gasteiger partial charge in [-0.2, -0.15) is 0 Å². The minimum atomic E-state index is 0.238. The molecule has 2 rings (SSSR count). The summed E-state index contributed by atoms with van der Waals surface area (Å²) in [6.45, 7) is 2.04. The summed E-state index contributed by atoms with van der Waals surface area (Å²) in [5.74, 6) is 1.19. The lowest BCUT2D eigenvalue weighted by atomic mass is 10.2. The largest absolute Gasteiger partial charge is 0.508 e. The lowest BCUT2D eigenvalue weighted by Crippen LogP contribution is -2.06. The van der Waals surface area contributed by atoms with E-state index < -0.39 is 0 Å². The Labute approximate surface area is 94.3 Å². The molecule has 2 N–H and O–H groups in total. The lowest BCUT2D eigenvalue weighted by Gasteiger charge is -2.06. The molecular weight excluding hydrogens is 204 g/mol. The maximum Gasteiger partial charge on any atom is 0.117 e. The molecule has 0 bridgehead atoms. The van der Waals surface area contributed by atoms with Crippen LogP contribution in [0.4, 0.5) is 0 Å². The van der Waals surface area contributed by atoms with Crippen molar-refractivity contribution in [3.63, 3.8) is 0 Å². The first kappa shape index (κ1) is 11.0. The zero-order chi connectivity index (χ0) is 11.5. The van der Waals surface area contributed by atoms with Gasteiger partial charge in [0.1, 0.15) is 11.6 Å². The van der Waals surface area contributed by atoms with Crippen LogP contribution in [-0.4, -0.2) is 28.3 Å². The molecule has 0 aliphatic carbocycles. The second-order valence-electron chi connectivity index (χ2n) is 3.97. The fourth-order valence-corrected chi connectivity index (χ4v) is 1.63. The highest BCUT2D eigenvalue weighted by Crippen LogP contribution is 2.18. The number of aromatic amines is 1. The number of aromatic hydroxyl groups is 1. The summed E-state index contributed by atoms with van der Waals surface area (Å²) < 4.78 is 5.18. The molecule has 0 saturated heterocycles. The van der Waals surface area contributed by atoms with E-state index in [2.05, 4.69) is 9.97 Å². The van der Waals surface area contributed by atoms with Gasteiger partial charge in [0.25, 0.3) is 0 Å². The molecule has 1 atom stereocenters. The summed E-state index contributed by atoms with van der Waals surface area (Å²) in [6.07, 6.45) is 2.02. The molecule has 0 amide bonds. The number of hydrogen-bond donors (Lipinski definition) is 2. The second-order valence-corrected chi connectivity index (χ2v) is 3.97. The van der Waals surface area contributed by atoms with Crippen LogP contribution in [-0.2, 0) is 11.2 Å². The molecule has 4 nitrogen and oxygen atoms in total. The average molecular weight is 220 g/mol. The molecule has 2 aromatic rings. The Morgan fingerprint density at radius 3 is 3.06 bits per heavy atom. The molecule has 1 aromatic carbocycles. The first-order chi connectivity index (χ1) is 7.69. The minimum absolute atomic E-state index is 0.238. The number of benzene rings is 1. The molecule has 0 aliphatic rings. The van der Waals surface area contributed by atoms with Crippen molar-refractivity contribution < 1.29 is 9.84 Å². The van der Waals surface area contributed by atoms with Gasteiger partial charge in [-0.3, -0.25) is 0 Å². The SMILES string of the molecule is COC(C)CCc1nc2ccc(O)cc2[nH]1. The zero-order valence-corrected chi connectivity index (χ0v) is 9.53. The molecule has 0 radical (unpaired) electrons. The molecule has 4 heteroatoms. The molecule has 16 heavy (non-hydrogen) atoms. The Hall–Kier alpha value is -1.55. The average Bonchev–Trinajstić information content (AvgIpc) is 2.67. The molecule has 0 aliphatic heterocycles. The number of aryl methyl sites for hydroxylation is 1. The Bertz CT molecular complexity index is 479. The number of phenols is 1. The number of ether oxygens (including phenoxy) is 1.